The first kappa shape index (κ1) is 22.8. The van der Waals surface area contributed by atoms with E-state index in [1.165, 1.54) is 6.92 Å². The second-order valence-corrected chi connectivity index (χ2v) is 9.33. The van der Waals surface area contributed by atoms with E-state index < -0.39 is 5.72 Å². The van der Waals surface area contributed by atoms with E-state index in [9.17, 15) is 14.4 Å². The van der Waals surface area contributed by atoms with Crippen LogP contribution in [0.2, 0.25) is 0 Å². The maximum Gasteiger partial charge on any atom is 0.272 e. The summed E-state index contributed by atoms with van der Waals surface area (Å²) in [4.78, 5) is 44.0. The second kappa shape index (κ2) is 9.02. The van der Waals surface area contributed by atoms with Gasteiger partial charge in [0.25, 0.3) is 11.8 Å². The molecule has 1 saturated heterocycles. The number of likely N-dealkylation sites (tertiary alicyclic amines) is 1. The van der Waals surface area contributed by atoms with Crippen molar-refractivity contribution >= 4 is 34.8 Å². The molecule has 8 heteroatoms. The summed E-state index contributed by atoms with van der Waals surface area (Å²) in [5.74, 6) is 0.221. The van der Waals surface area contributed by atoms with E-state index in [1.807, 2.05) is 30.4 Å². The van der Waals surface area contributed by atoms with Gasteiger partial charge in [0, 0.05) is 38.5 Å². The Morgan fingerprint density at radius 2 is 1.94 bits per heavy atom. The monoisotopic (exact) mass is 472 g/mol. The van der Waals surface area contributed by atoms with Crippen LogP contribution in [0, 0.1) is 0 Å². The van der Waals surface area contributed by atoms with E-state index >= 15 is 0 Å². The third-order valence-corrected chi connectivity index (χ3v) is 6.74. The van der Waals surface area contributed by atoms with Crippen LogP contribution in [-0.2, 0) is 9.59 Å². The van der Waals surface area contributed by atoms with Crippen LogP contribution in [0.5, 0.6) is 5.75 Å². The van der Waals surface area contributed by atoms with E-state index in [0.717, 1.165) is 17.7 Å². The maximum atomic E-state index is 13.4. The highest BCUT2D eigenvalue weighted by Crippen LogP contribution is 2.35. The molecule has 0 aliphatic carbocycles. The Balaban J connectivity index is 1.30. The maximum absolute atomic E-state index is 13.4. The van der Waals surface area contributed by atoms with E-state index in [0.29, 0.717) is 54.6 Å². The zero-order chi connectivity index (χ0) is 24.6. The highest BCUT2D eigenvalue weighted by atomic mass is 16.5. The molecule has 180 valence electrons. The molecule has 1 spiro atoms. The SMILES string of the molecule is CC(=O)Nc1ccc2c(c1)C(=O)NC1(CCN(C(=O)C3=Nc4ccccc4C(C)CC=C3)CC1)O2. The van der Waals surface area contributed by atoms with Crippen LogP contribution in [0.25, 0.3) is 0 Å². The molecule has 5 rings (SSSR count). The van der Waals surface area contributed by atoms with Crippen molar-refractivity contribution in [2.24, 2.45) is 4.99 Å². The van der Waals surface area contributed by atoms with Gasteiger partial charge in [-0.05, 0) is 48.2 Å². The Bertz CT molecular complexity index is 1260. The van der Waals surface area contributed by atoms with Crippen LogP contribution < -0.4 is 15.4 Å². The number of aliphatic imine (C=N–C) groups is 1. The Hall–Kier alpha value is -3.94. The van der Waals surface area contributed by atoms with E-state index in [1.54, 1.807) is 23.1 Å². The predicted molar refractivity (Wildman–Crippen MR) is 133 cm³/mol. The van der Waals surface area contributed by atoms with Gasteiger partial charge in [-0.2, -0.15) is 0 Å². The number of anilines is 1. The molecule has 2 aromatic rings. The second-order valence-electron chi connectivity index (χ2n) is 9.33. The fourth-order valence-corrected chi connectivity index (χ4v) is 4.85. The van der Waals surface area contributed by atoms with Gasteiger partial charge in [-0.25, -0.2) is 4.99 Å². The number of ether oxygens (including phenoxy) is 1. The van der Waals surface area contributed by atoms with Crippen LogP contribution in [0.1, 0.15) is 54.9 Å². The summed E-state index contributed by atoms with van der Waals surface area (Å²) in [6, 6.07) is 13.0. The van der Waals surface area contributed by atoms with Crippen molar-refractivity contribution in [1.29, 1.82) is 0 Å². The fourth-order valence-electron chi connectivity index (χ4n) is 4.85. The number of piperidine rings is 1. The topological polar surface area (TPSA) is 100 Å². The van der Waals surface area contributed by atoms with Crippen LogP contribution in [-0.4, -0.2) is 47.1 Å². The van der Waals surface area contributed by atoms with Crippen molar-refractivity contribution in [2.45, 2.75) is 44.8 Å². The molecule has 8 nitrogen and oxygen atoms in total. The van der Waals surface area contributed by atoms with Crippen molar-refractivity contribution in [2.75, 3.05) is 18.4 Å². The summed E-state index contributed by atoms with van der Waals surface area (Å²) in [6.07, 6.45) is 5.60. The number of nitrogens with zero attached hydrogens (tertiary/aromatic N) is 2. The van der Waals surface area contributed by atoms with Crippen LogP contribution in [0.4, 0.5) is 11.4 Å². The summed E-state index contributed by atoms with van der Waals surface area (Å²) in [7, 11) is 0. The number of carbonyl (C=O) groups is 3. The lowest BCUT2D eigenvalue weighted by molar-refractivity contribution is -0.128. The Kier molecular flexibility index (Phi) is 5.88. The summed E-state index contributed by atoms with van der Waals surface area (Å²) in [5, 5.41) is 5.67. The Morgan fingerprint density at radius 1 is 1.17 bits per heavy atom. The van der Waals surface area contributed by atoms with Gasteiger partial charge in [-0.15, -0.1) is 0 Å². The Morgan fingerprint density at radius 3 is 2.71 bits per heavy atom. The molecule has 0 saturated carbocycles. The van der Waals surface area contributed by atoms with Crippen molar-refractivity contribution in [3.63, 3.8) is 0 Å². The lowest BCUT2D eigenvalue weighted by atomic mass is 9.94. The third-order valence-electron chi connectivity index (χ3n) is 6.74. The molecule has 0 bridgehead atoms. The molecule has 2 N–H and O–H groups in total. The molecule has 1 atom stereocenters. The average Bonchev–Trinajstić information content (AvgIpc) is 2.82. The van der Waals surface area contributed by atoms with E-state index in [-0.39, 0.29) is 17.7 Å². The van der Waals surface area contributed by atoms with Gasteiger partial charge < -0.3 is 20.3 Å². The molecule has 0 radical (unpaired) electrons. The molecule has 3 aliphatic heterocycles. The standard InChI is InChI=1S/C27H28N4O4/c1-17-6-5-9-23(29-22-8-4-3-7-20(17)22)26(34)31-14-12-27(13-15-31)30-25(33)21-16-19(28-18(2)32)10-11-24(21)35-27/h3-5,7-11,16-17H,6,12-15H2,1-2H3,(H,28,32)(H,30,33). The summed E-state index contributed by atoms with van der Waals surface area (Å²) in [6.45, 7) is 4.44. The number of carbonyl (C=O) groups excluding carboxylic acids is 3. The number of nitrogens with one attached hydrogen (secondary N) is 2. The van der Waals surface area contributed by atoms with Crippen molar-refractivity contribution < 1.29 is 19.1 Å². The first-order valence-electron chi connectivity index (χ1n) is 11.9. The lowest BCUT2D eigenvalue weighted by Gasteiger charge is -2.44. The van der Waals surface area contributed by atoms with Gasteiger partial charge in [0.2, 0.25) is 5.91 Å². The molecular formula is C27H28N4O4. The molecule has 35 heavy (non-hydrogen) atoms. The highest BCUT2D eigenvalue weighted by Gasteiger charge is 2.43. The molecule has 1 unspecified atom stereocenters. The van der Waals surface area contributed by atoms with Gasteiger partial charge in [-0.3, -0.25) is 14.4 Å². The number of hydrogen-bond donors (Lipinski definition) is 2. The molecule has 1 fully saturated rings. The fraction of sp³-hybridized carbons (Fsp3) is 0.333. The zero-order valence-electron chi connectivity index (χ0n) is 19.8. The van der Waals surface area contributed by atoms with Gasteiger partial charge in [0.15, 0.2) is 5.72 Å². The molecule has 3 heterocycles. The minimum Gasteiger partial charge on any atom is -0.467 e. The van der Waals surface area contributed by atoms with E-state index in [4.69, 9.17) is 9.73 Å². The zero-order valence-corrected chi connectivity index (χ0v) is 19.8. The molecule has 0 aromatic heterocycles. The molecule has 3 aliphatic rings. The normalized spacial score (nSPS) is 20.4. The largest absolute Gasteiger partial charge is 0.467 e. The first-order chi connectivity index (χ1) is 16.8. The summed E-state index contributed by atoms with van der Waals surface area (Å²) >= 11 is 0. The predicted octanol–water partition coefficient (Wildman–Crippen LogP) is 3.92. The van der Waals surface area contributed by atoms with Gasteiger partial charge >= 0.3 is 0 Å². The number of hydrogen-bond acceptors (Lipinski definition) is 5. The summed E-state index contributed by atoms with van der Waals surface area (Å²) in [5.41, 5.74) is 2.44. The number of allylic oxidation sites excluding steroid dienone is 1. The number of fused-ring (bicyclic) bond motifs is 2. The number of para-hydroxylation sites is 1. The first-order valence-corrected chi connectivity index (χ1v) is 11.9. The quantitative estimate of drug-likeness (QED) is 0.692. The van der Waals surface area contributed by atoms with Gasteiger partial charge in [-0.1, -0.05) is 31.2 Å². The van der Waals surface area contributed by atoms with Gasteiger partial charge in [0.05, 0.1) is 11.3 Å². The van der Waals surface area contributed by atoms with Crippen LogP contribution >= 0.6 is 0 Å². The highest BCUT2D eigenvalue weighted by molar-refractivity contribution is 6.43. The smallest absolute Gasteiger partial charge is 0.272 e. The third kappa shape index (κ3) is 4.56. The molecule has 3 amide bonds. The van der Waals surface area contributed by atoms with E-state index in [2.05, 4.69) is 23.6 Å². The summed E-state index contributed by atoms with van der Waals surface area (Å²) < 4.78 is 6.23. The number of rotatable bonds is 2. The van der Waals surface area contributed by atoms with Crippen molar-refractivity contribution in [3.05, 3.63) is 65.7 Å². The van der Waals surface area contributed by atoms with Crippen molar-refractivity contribution in [3.8, 4) is 5.75 Å². The number of benzene rings is 2. The van der Waals surface area contributed by atoms with Crippen LogP contribution in [0.3, 0.4) is 0 Å². The Labute approximate surface area is 204 Å². The minimum atomic E-state index is -0.864. The molecule has 2 aromatic carbocycles. The van der Waals surface area contributed by atoms with Gasteiger partial charge in [0.1, 0.15) is 11.5 Å². The number of amides is 3. The van der Waals surface area contributed by atoms with Crippen LogP contribution in [0.15, 0.2) is 59.6 Å². The lowest BCUT2D eigenvalue weighted by Crippen LogP contribution is -2.61. The molecular weight excluding hydrogens is 444 g/mol. The average molecular weight is 473 g/mol. The minimum absolute atomic E-state index is 0.122. The van der Waals surface area contributed by atoms with Crippen molar-refractivity contribution in [1.82, 2.24) is 10.2 Å².